The molecular formula is C13H16ClFN4. The number of halogens is 2. The molecular weight excluding hydrogens is 267 g/mol. The summed E-state index contributed by atoms with van der Waals surface area (Å²) < 4.78 is 15.3. The summed E-state index contributed by atoms with van der Waals surface area (Å²) in [4.78, 5) is 0. The molecule has 0 radical (unpaired) electrons. The fourth-order valence-corrected chi connectivity index (χ4v) is 1.87. The van der Waals surface area contributed by atoms with E-state index >= 15 is 0 Å². The highest BCUT2D eigenvalue weighted by Crippen LogP contribution is 2.15. The molecule has 6 heteroatoms. The molecule has 102 valence electrons. The topological polar surface area (TPSA) is 42.7 Å². The second kappa shape index (κ2) is 6.63. The lowest BCUT2D eigenvalue weighted by Gasteiger charge is -2.03. The maximum atomic E-state index is 13.6. The summed E-state index contributed by atoms with van der Waals surface area (Å²) in [5, 5.41) is 11.6. The molecule has 0 bridgehead atoms. The normalized spacial score (nSPS) is 10.9. The van der Waals surface area contributed by atoms with Crippen LogP contribution in [0, 0.1) is 5.82 Å². The van der Waals surface area contributed by atoms with Crippen LogP contribution in [0.3, 0.4) is 0 Å². The van der Waals surface area contributed by atoms with Gasteiger partial charge in [0.2, 0.25) is 0 Å². The summed E-state index contributed by atoms with van der Waals surface area (Å²) in [6.07, 6.45) is 2.89. The average molecular weight is 283 g/mol. The number of rotatable bonds is 6. The van der Waals surface area contributed by atoms with Crippen LogP contribution in [0.4, 0.5) is 4.39 Å². The van der Waals surface area contributed by atoms with E-state index in [9.17, 15) is 4.39 Å². The standard InChI is InChI=1S/C13H16ClFN4/c1-2-5-16-7-12-9-19(18-17-12)8-10-3-4-11(14)6-13(10)15/h3-4,6,9,16H,2,5,7-8H2,1H3. The van der Waals surface area contributed by atoms with Crippen LogP contribution in [0.15, 0.2) is 24.4 Å². The molecule has 19 heavy (non-hydrogen) atoms. The minimum absolute atomic E-state index is 0.325. The fourth-order valence-electron chi connectivity index (χ4n) is 1.71. The Balaban J connectivity index is 1.99. The van der Waals surface area contributed by atoms with Crippen molar-refractivity contribution in [3.05, 3.63) is 46.5 Å². The van der Waals surface area contributed by atoms with Crippen LogP contribution >= 0.6 is 11.6 Å². The van der Waals surface area contributed by atoms with Gasteiger partial charge in [0.25, 0.3) is 0 Å². The first kappa shape index (κ1) is 14.0. The highest BCUT2D eigenvalue weighted by Gasteiger charge is 2.06. The summed E-state index contributed by atoms with van der Waals surface area (Å²) in [5.41, 5.74) is 1.39. The van der Waals surface area contributed by atoms with Crippen molar-refractivity contribution < 1.29 is 4.39 Å². The van der Waals surface area contributed by atoms with Gasteiger partial charge in [0, 0.05) is 17.1 Å². The Morgan fingerprint density at radius 2 is 2.26 bits per heavy atom. The zero-order valence-corrected chi connectivity index (χ0v) is 11.5. The molecule has 0 atom stereocenters. The van der Waals surface area contributed by atoms with Crippen LogP contribution < -0.4 is 5.32 Å². The monoisotopic (exact) mass is 282 g/mol. The molecule has 0 spiro atoms. The number of hydrogen-bond donors (Lipinski definition) is 1. The molecule has 1 aromatic heterocycles. The van der Waals surface area contributed by atoms with Crippen LogP contribution in [0.25, 0.3) is 0 Å². The van der Waals surface area contributed by atoms with E-state index in [1.165, 1.54) is 6.07 Å². The SMILES string of the molecule is CCCNCc1cn(Cc2ccc(Cl)cc2F)nn1. The van der Waals surface area contributed by atoms with Gasteiger partial charge in [-0.3, -0.25) is 0 Å². The first-order valence-electron chi connectivity index (χ1n) is 6.22. The Bertz CT molecular complexity index is 541. The lowest BCUT2D eigenvalue weighted by Crippen LogP contribution is -2.13. The first-order valence-corrected chi connectivity index (χ1v) is 6.60. The van der Waals surface area contributed by atoms with Crippen molar-refractivity contribution in [2.24, 2.45) is 0 Å². The van der Waals surface area contributed by atoms with E-state index in [1.807, 2.05) is 6.20 Å². The van der Waals surface area contributed by atoms with Crippen LogP contribution in [-0.2, 0) is 13.1 Å². The van der Waals surface area contributed by atoms with E-state index in [0.717, 1.165) is 18.7 Å². The summed E-state index contributed by atoms with van der Waals surface area (Å²) in [6.45, 7) is 4.08. The Kier molecular flexibility index (Phi) is 4.87. The van der Waals surface area contributed by atoms with E-state index in [1.54, 1.807) is 16.8 Å². The summed E-state index contributed by atoms with van der Waals surface area (Å²) >= 11 is 5.71. The average Bonchev–Trinajstić information content (AvgIpc) is 2.81. The zero-order valence-electron chi connectivity index (χ0n) is 10.7. The largest absolute Gasteiger partial charge is 0.311 e. The van der Waals surface area contributed by atoms with Crippen molar-refractivity contribution in [3.8, 4) is 0 Å². The van der Waals surface area contributed by atoms with Gasteiger partial charge in [-0.15, -0.1) is 5.10 Å². The smallest absolute Gasteiger partial charge is 0.129 e. The quantitative estimate of drug-likeness (QED) is 0.828. The van der Waals surface area contributed by atoms with E-state index in [4.69, 9.17) is 11.6 Å². The first-order chi connectivity index (χ1) is 9.19. The van der Waals surface area contributed by atoms with Crippen molar-refractivity contribution >= 4 is 11.6 Å². The molecule has 1 heterocycles. The zero-order chi connectivity index (χ0) is 13.7. The van der Waals surface area contributed by atoms with Crippen molar-refractivity contribution in [2.75, 3.05) is 6.54 Å². The minimum atomic E-state index is -0.325. The van der Waals surface area contributed by atoms with Gasteiger partial charge in [0.05, 0.1) is 18.4 Å². The van der Waals surface area contributed by atoms with Crippen LogP contribution in [0.5, 0.6) is 0 Å². The van der Waals surface area contributed by atoms with Crippen LogP contribution in [0.2, 0.25) is 5.02 Å². The Morgan fingerprint density at radius 1 is 1.42 bits per heavy atom. The van der Waals surface area contributed by atoms with Gasteiger partial charge in [-0.2, -0.15) is 0 Å². The number of aromatic nitrogens is 3. The highest BCUT2D eigenvalue weighted by atomic mass is 35.5. The summed E-state index contributed by atoms with van der Waals surface area (Å²) in [5.74, 6) is -0.325. The Morgan fingerprint density at radius 3 is 3.00 bits per heavy atom. The highest BCUT2D eigenvalue weighted by molar-refractivity contribution is 6.30. The number of nitrogens with one attached hydrogen (secondary N) is 1. The summed E-state index contributed by atoms with van der Waals surface area (Å²) in [6, 6.07) is 4.63. The molecule has 1 aromatic carbocycles. The van der Waals surface area contributed by atoms with Crippen LogP contribution in [0.1, 0.15) is 24.6 Å². The molecule has 0 aliphatic heterocycles. The minimum Gasteiger partial charge on any atom is -0.311 e. The molecule has 4 nitrogen and oxygen atoms in total. The molecule has 0 saturated carbocycles. The van der Waals surface area contributed by atoms with E-state index in [2.05, 4.69) is 22.6 Å². The van der Waals surface area contributed by atoms with Crippen molar-refractivity contribution in [2.45, 2.75) is 26.4 Å². The molecule has 0 fully saturated rings. The van der Waals surface area contributed by atoms with Crippen LogP contribution in [-0.4, -0.2) is 21.5 Å². The predicted octanol–water partition coefficient (Wildman–Crippen LogP) is 2.62. The molecule has 0 unspecified atom stereocenters. The second-order valence-corrected chi connectivity index (χ2v) is 4.76. The van der Waals surface area contributed by atoms with Crippen molar-refractivity contribution in [3.63, 3.8) is 0 Å². The maximum Gasteiger partial charge on any atom is 0.129 e. The third-order valence-corrected chi connectivity index (χ3v) is 2.90. The fraction of sp³-hybridized carbons (Fsp3) is 0.385. The number of hydrogen-bond acceptors (Lipinski definition) is 3. The molecule has 2 aromatic rings. The van der Waals surface area contributed by atoms with Crippen molar-refractivity contribution in [1.82, 2.24) is 20.3 Å². The second-order valence-electron chi connectivity index (χ2n) is 4.32. The third kappa shape index (κ3) is 4.01. The maximum absolute atomic E-state index is 13.6. The molecule has 0 saturated heterocycles. The number of benzene rings is 1. The van der Waals surface area contributed by atoms with E-state index in [-0.39, 0.29) is 5.82 Å². The Hall–Kier alpha value is -1.46. The predicted molar refractivity (Wildman–Crippen MR) is 72.5 cm³/mol. The van der Waals surface area contributed by atoms with Gasteiger partial charge < -0.3 is 5.32 Å². The molecule has 0 amide bonds. The van der Waals surface area contributed by atoms with Crippen molar-refractivity contribution in [1.29, 1.82) is 0 Å². The van der Waals surface area contributed by atoms with E-state index in [0.29, 0.717) is 23.7 Å². The van der Waals surface area contributed by atoms with Gasteiger partial charge in [0.1, 0.15) is 5.82 Å². The lowest BCUT2D eigenvalue weighted by atomic mass is 10.2. The van der Waals surface area contributed by atoms with Gasteiger partial charge in [-0.25, -0.2) is 9.07 Å². The molecule has 2 rings (SSSR count). The Labute approximate surface area is 116 Å². The van der Waals surface area contributed by atoms with Gasteiger partial charge in [0.15, 0.2) is 0 Å². The van der Waals surface area contributed by atoms with E-state index < -0.39 is 0 Å². The molecule has 0 aliphatic rings. The molecule has 1 N–H and O–H groups in total. The van der Waals surface area contributed by atoms with Gasteiger partial charge in [-0.05, 0) is 25.1 Å². The number of nitrogens with zero attached hydrogens (tertiary/aromatic N) is 3. The summed E-state index contributed by atoms with van der Waals surface area (Å²) in [7, 11) is 0. The van der Waals surface area contributed by atoms with Gasteiger partial charge in [-0.1, -0.05) is 29.8 Å². The molecule has 0 aliphatic carbocycles. The van der Waals surface area contributed by atoms with Gasteiger partial charge >= 0.3 is 0 Å². The third-order valence-electron chi connectivity index (χ3n) is 2.67. The lowest BCUT2D eigenvalue weighted by molar-refractivity contribution is 0.577.